The van der Waals surface area contributed by atoms with Crippen LogP contribution in [0.1, 0.15) is 11.3 Å². The molecule has 0 aliphatic heterocycles. The van der Waals surface area contributed by atoms with Crippen molar-refractivity contribution in [2.75, 3.05) is 14.2 Å². The van der Waals surface area contributed by atoms with Gasteiger partial charge in [-0.3, -0.25) is 0 Å². The molecule has 0 unspecified atom stereocenters. The van der Waals surface area contributed by atoms with E-state index >= 15 is 0 Å². The maximum absolute atomic E-state index is 8.87. The summed E-state index contributed by atoms with van der Waals surface area (Å²) in [7, 11) is 3.22. The smallest absolute Gasteiger partial charge is 0.161 e. The van der Waals surface area contributed by atoms with Gasteiger partial charge in [0.1, 0.15) is 16.8 Å². The minimum Gasteiger partial charge on any atom is -0.493 e. The summed E-state index contributed by atoms with van der Waals surface area (Å²) in [6, 6.07) is 11.3. The lowest BCUT2D eigenvalue weighted by Crippen LogP contribution is -1.93. The number of hydrogen-bond acceptors (Lipinski definition) is 5. The molecule has 0 spiro atoms. The van der Waals surface area contributed by atoms with Crippen molar-refractivity contribution >= 4 is 11.8 Å². The van der Waals surface area contributed by atoms with Crippen molar-refractivity contribution in [2.45, 2.75) is 16.8 Å². The van der Waals surface area contributed by atoms with E-state index in [2.05, 4.69) is 4.98 Å². The molecule has 0 atom stereocenters. The largest absolute Gasteiger partial charge is 0.493 e. The molecule has 1 aromatic carbocycles. The topological polar surface area (TPSA) is 55.1 Å². The maximum atomic E-state index is 8.87. The quantitative estimate of drug-likeness (QED) is 0.862. The Bertz CT molecular complexity index is 665. The molecule has 0 fully saturated rings. The van der Waals surface area contributed by atoms with E-state index in [1.54, 1.807) is 20.3 Å². The average Bonchev–Trinajstić information content (AvgIpc) is 2.49. The number of pyridine rings is 1. The Kier molecular flexibility index (Phi) is 4.49. The highest BCUT2D eigenvalue weighted by Gasteiger charge is 2.10. The second-order valence-corrected chi connectivity index (χ2v) is 5.11. The zero-order chi connectivity index (χ0) is 14.5. The fourth-order valence-corrected chi connectivity index (χ4v) is 2.62. The van der Waals surface area contributed by atoms with Crippen LogP contribution in [0.2, 0.25) is 0 Å². The number of methoxy groups -OCH3 is 2. The first kappa shape index (κ1) is 14.2. The summed E-state index contributed by atoms with van der Waals surface area (Å²) in [6.45, 7) is 2.00. The van der Waals surface area contributed by atoms with E-state index in [0.29, 0.717) is 17.2 Å². The predicted octanol–water partition coefficient (Wildman–Crippen LogP) is 3.43. The van der Waals surface area contributed by atoms with Gasteiger partial charge in [-0.2, -0.15) is 5.26 Å². The molecule has 0 amide bonds. The molecular weight excluding hydrogens is 272 g/mol. The van der Waals surface area contributed by atoms with Gasteiger partial charge in [0.05, 0.1) is 14.2 Å². The third-order valence-electron chi connectivity index (χ3n) is 2.73. The van der Waals surface area contributed by atoms with Gasteiger partial charge < -0.3 is 9.47 Å². The van der Waals surface area contributed by atoms with Gasteiger partial charge in [0.25, 0.3) is 0 Å². The van der Waals surface area contributed by atoms with Gasteiger partial charge in [-0.05, 0) is 36.8 Å². The monoisotopic (exact) mass is 286 g/mol. The lowest BCUT2D eigenvalue weighted by Gasteiger charge is -2.12. The van der Waals surface area contributed by atoms with Crippen LogP contribution in [-0.4, -0.2) is 19.2 Å². The van der Waals surface area contributed by atoms with Crippen molar-refractivity contribution in [1.82, 2.24) is 4.98 Å². The molecule has 20 heavy (non-hydrogen) atoms. The highest BCUT2D eigenvalue weighted by atomic mass is 32.2. The van der Waals surface area contributed by atoms with Crippen LogP contribution in [0.4, 0.5) is 0 Å². The van der Waals surface area contributed by atoms with E-state index in [0.717, 1.165) is 15.5 Å². The lowest BCUT2D eigenvalue weighted by atomic mass is 10.2. The van der Waals surface area contributed by atoms with Gasteiger partial charge >= 0.3 is 0 Å². The van der Waals surface area contributed by atoms with Crippen molar-refractivity contribution in [1.29, 1.82) is 5.26 Å². The molecular formula is C15H14N2O2S. The Balaban J connectivity index is 2.35. The van der Waals surface area contributed by atoms with Crippen molar-refractivity contribution in [2.24, 2.45) is 0 Å². The van der Waals surface area contributed by atoms with Crippen LogP contribution in [0.15, 0.2) is 40.3 Å². The normalized spacial score (nSPS) is 9.90. The van der Waals surface area contributed by atoms with E-state index in [9.17, 15) is 0 Å². The van der Waals surface area contributed by atoms with Crippen molar-refractivity contribution in [3.05, 3.63) is 41.6 Å². The van der Waals surface area contributed by atoms with Gasteiger partial charge in [-0.25, -0.2) is 4.98 Å². The third-order valence-corrected chi connectivity index (χ3v) is 3.83. The number of nitriles is 1. The van der Waals surface area contributed by atoms with E-state index in [4.69, 9.17) is 14.7 Å². The van der Waals surface area contributed by atoms with Crippen LogP contribution < -0.4 is 9.47 Å². The molecule has 2 rings (SSSR count). The molecule has 1 aromatic heterocycles. The van der Waals surface area contributed by atoms with Crippen molar-refractivity contribution in [3.8, 4) is 17.6 Å². The molecule has 0 saturated heterocycles. The Morgan fingerprint density at radius 2 is 1.85 bits per heavy atom. The molecule has 0 aliphatic rings. The summed E-state index contributed by atoms with van der Waals surface area (Å²) in [4.78, 5) is 5.27. The number of benzene rings is 1. The molecule has 4 nitrogen and oxygen atoms in total. The number of rotatable bonds is 4. The molecule has 0 saturated carbocycles. The Morgan fingerprint density at radius 1 is 1.15 bits per heavy atom. The molecule has 0 aliphatic carbocycles. The van der Waals surface area contributed by atoms with Crippen LogP contribution in [0.5, 0.6) is 11.5 Å². The molecule has 5 heteroatoms. The zero-order valence-electron chi connectivity index (χ0n) is 11.5. The summed E-state index contributed by atoms with van der Waals surface area (Å²) >= 11 is 1.49. The first-order valence-corrected chi connectivity index (χ1v) is 6.77. The maximum Gasteiger partial charge on any atom is 0.161 e. The third kappa shape index (κ3) is 3.03. The fourth-order valence-electron chi connectivity index (χ4n) is 1.72. The first-order chi connectivity index (χ1) is 9.67. The predicted molar refractivity (Wildman–Crippen MR) is 77.4 cm³/mol. The first-order valence-electron chi connectivity index (χ1n) is 5.95. The SMILES string of the molecule is COc1cc(C)c(Sc2cccc(C#N)n2)cc1OC. The lowest BCUT2D eigenvalue weighted by molar-refractivity contribution is 0.353. The van der Waals surface area contributed by atoms with E-state index in [-0.39, 0.29) is 0 Å². The second-order valence-electron chi connectivity index (χ2n) is 4.05. The van der Waals surface area contributed by atoms with Crippen LogP contribution >= 0.6 is 11.8 Å². The highest BCUT2D eigenvalue weighted by Crippen LogP contribution is 2.37. The van der Waals surface area contributed by atoms with Crippen LogP contribution in [-0.2, 0) is 0 Å². The Hall–Kier alpha value is -2.19. The van der Waals surface area contributed by atoms with Gasteiger partial charge in [0, 0.05) is 4.90 Å². The Morgan fingerprint density at radius 3 is 2.50 bits per heavy atom. The minimum atomic E-state index is 0.410. The Labute approximate surface area is 122 Å². The molecule has 1 heterocycles. The summed E-state index contributed by atoms with van der Waals surface area (Å²) in [6.07, 6.45) is 0. The summed E-state index contributed by atoms with van der Waals surface area (Å²) < 4.78 is 10.6. The van der Waals surface area contributed by atoms with E-state index in [1.807, 2.05) is 37.3 Å². The van der Waals surface area contributed by atoms with Gasteiger partial charge in [0.2, 0.25) is 0 Å². The summed E-state index contributed by atoms with van der Waals surface area (Å²) in [5.41, 5.74) is 1.48. The average molecular weight is 286 g/mol. The molecule has 2 aromatic rings. The number of aromatic nitrogens is 1. The van der Waals surface area contributed by atoms with Gasteiger partial charge in [-0.1, -0.05) is 17.8 Å². The summed E-state index contributed by atoms with van der Waals surface area (Å²) in [5.74, 6) is 1.38. The van der Waals surface area contributed by atoms with E-state index in [1.165, 1.54) is 11.8 Å². The van der Waals surface area contributed by atoms with Gasteiger partial charge in [0.15, 0.2) is 11.5 Å². The van der Waals surface area contributed by atoms with Crippen LogP contribution in [0, 0.1) is 18.3 Å². The molecule has 0 radical (unpaired) electrons. The fraction of sp³-hybridized carbons (Fsp3) is 0.200. The number of aryl methyl sites for hydroxylation is 1. The standard InChI is InChI=1S/C15H14N2O2S/c1-10-7-12(18-2)13(19-3)8-14(10)20-15-6-4-5-11(9-16)17-15/h4-8H,1-3H3. The molecule has 0 N–H and O–H groups in total. The number of ether oxygens (including phenoxy) is 2. The van der Waals surface area contributed by atoms with Crippen molar-refractivity contribution < 1.29 is 9.47 Å². The molecule has 0 bridgehead atoms. The molecule has 102 valence electrons. The van der Waals surface area contributed by atoms with Crippen LogP contribution in [0.25, 0.3) is 0 Å². The number of hydrogen-bond donors (Lipinski definition) is 0. The van der Waals surface area contributed by atoms with Crippen molar-refractivity contribution in [3.63, 3.8) is 0 Å². The van der Waals surface area contributed by atoms with E-state index < -0.39 is 0 Å². The number of nitrogens with zero attached hydrogens (tertiary/aromatic N) is 2. The minimum absolute atomic E-state index is 0.410. The zero-order valence-corrected chi connectivity index (χ0v) is 12.3. The van der Waals surface area contributed by atoms with Crippen LogP contribution in [0.3, 0.4) is 0 Å². The highest BCUT2D eigenvalue weighted by molar-refractivity contribution is 7.99. The van der Waals surface area contributed by atoms with Gasteiger partial charge in [-0.15, -0.1) is 0 Å². The second kappa shape index (κ2) is 6.31. The summed E-state index contributed by atoms with van der Waals surface area (Å²) in [5, 5.41) is 9.65.